The Labute approximate surface area is 247 Å². The molecular formula is C29H36Cl2F3N3O4. The second-order valence-corrected chi connectivity index (χ2v) is 12.7. The van der Waals surface area contributed by atoms with Crippen LogP contribution < -0.4 is 0 Å². The van der Waals surface area contributed by atoms with E-state index in [9.17, 15) is 27.9 Å². The minimum Gasteiger partial charge on any atom is -0.466 e. The third kappa shape index (κ3) is 6.70. The summed E-state index contributed by atoms with van der Waals surface area (Å²) in [5.74, 6) is -1.23. The largest absolute Gasteiger partial charge is 0.466 e. The van der Waals surface area contributed by atoms with Crippen LogP contribution >= 0.6 is 23.2 Å². The van der Waals surface area contributed by atoms with Crippen molar-refractivity contribution < 1.29 is 32.6 Å². The SMILES string of the molecule is CCOC(=O)[C@]1(C)CC[C@@H](n2ncc(C(=O)N(CC(O)c3c(Cl)cccc3Cl)CC3(C)CCC3)c2C(F)(F)F)CC1. The number of ether oxygens (including phenoxy) is 1. The Kier molecular flexibility index (Phi) is 9.36. The molecule has 226 valence electrons. The molecule has 1 atom stereocenters. The fraction of sp³-hybridized carbons (Fsp3) is 0.621. The van der Waals surface area contributed by atoms with Crippen LogP contribution in [0.1, 0.15) is 99.5 Å². The predicted octanol–water partition coefficient (Wildman–Crippen LogP) is 7.26. The number of amides is 1. The number of hydrogen-bond acceptors (Lipinski definition) is 5. The minimum absolute atomic E-state index is 0.161. The number of carbonyl (C=O) groups is 2. The summed E-state index contributed by atoms with van der Waals surface area (Å²) in [6.07, 6.45) is -1.40. The molecule has 2 aliphatic rings. The van der Waals surface area contributed by atoms with Gasteiger partial charge in [0.2, 0.25) is 0 Å². The number of hydrogen-bond donors (Lipinski definition) is 1. The average molecular weight is 619 g/mol. The highest BCUT2D eigenvalue weighted by Gasteiger charge is 2.46. The molecule has 2 aromatic rings. The van der Waals surface area contributed by atoms with Crippen molar-refractivity contribution in [1.82, 2.24) is 14.7 Å². The molecule has 2 fully saturated rings. The van der Waals surface area contributed by atoms with Crippen LogP contribution in [0.3, 0.4) is 0 Å². The molecule has 0 aliphatic heterocycles. The lowest BCUT2D eigenvalue weighted by atomic mass is 9.70. The molecule has 1 aromatic heterocycles. The van der Waals surface area contributed by atoms with Crippen LogP contribution in [0, 0.1) is 10.8 Å². The molecule has 0 radical (unpaired) electrons. The summed E-state index contributed by atoms with van der Waals surface area (Å²) in [5.41, 5.74) is -2.54. The maximum absolute atomic E-state index is 14.6. The number of halogens is 5. The standard InChI is InChI=1S/C29H36Cl2F3N3O4/c1-4-41-26(40)28(3)13-9-18(10-14-28)37-24(29(32,33)34)19(15-35-37)25(39)36(17-27(2)11-6-12-27)16-22(38)23-20(30)7-5-8-21(23)31/h5,7-8,15,18,22,38H,4,6,9-14,16-17H2,1-3H3/t18-,22?,28-. The Balaban J connectivity index is 1.64. The second-order valence-electron chi connectivity index (χ2n) is 11.9. The number of nitrogens with zero attached hydrogens (tertiary/aromatic N) is 3. The van der Waals surface area contributed by atoms with Gasteiger partial charge in [-0.15, -0.1) is 0 Å². The van der Waals surface area contributed by atoms with Crippen LogP contribution in [0.5, 0.6) is 0 Å². The van der Waals surface area contributed by atoms with Gasteiger partial charge in [0.15, 0.2) is 5.69 Å². The number of aliphatic hydroxyl groups is 1. The van der Waals surface area contributed by atoms with E-state index in [1.165, 1.54) is 4.90 Å². The third-order valence-electron chi connectivity index (χ3n) is 8.61. The molecule has 4 rings (SSSR count). The summed E-state index contributed by atoms with van der Waals surface area (Å²) in [7, 11) is 0. The first-order valence-electron chi connectivity index (χ1n) is 13.9. The van der Waals surface area contributed by atoms with E-state index >= 15 is 0 Å². The lowest BCUT2D eigenvalue weighted by molar-refractivity contribution is -0.157. The first kappa shape index (κ1) is 31.6. The van der Waals surface area contributed by atoms with E-state index in [4.69, 9.17) is 27.9 Å². The van der Waals surface area contributed by atoms with Crippen molar-refractivity contribution in [3.05, 3.63) is 51.3 Å². The van der Waals surface area contributed by atoms with Gasteiger partial charge in [0.1, 0.15) is 0 Å². The Morgan fingerprint density at radius 3 is 2.29 bits per heavy atom. The first-order chi connectivity index (χ1) is 19.2. The van der Waals surface area contributed by atoms with E-state index in [1.54, 1.807) is 32.0 Å². The van der Waals surface area contributed by atoms with E-state index in [2.05, 4.69) is 5.10 Å². The lowest BCUT2D eigenvalue weighted by Crippen LogP contribution is -2.45. The van der Waals surface area contributed by atoms with Crippen molar-refractivity contribution in [3.8, 4) is 0 Å². The van der Waals surface area contributed by atoms with E-state index in [1.807, 2.05) is 6.92 Å². The summed E-state index contributed by atoms with van der Waals surface area (Å²) in [6.45, 7) is 5.55. The normalized spacial score (nSPS) is 23.0. The number of carbonyl (C=O) groups excluding carboxylic acids is 2. The average Bonchev–Trinajstić information content (AvgIpc) is 3.33. The molecule has 0 spiro atoms. The lowest BCUT2D eigenvalue weighted by Gasteiger charge is -2.42. The highest BCUT2D eigenvalue weighted by molar-refractivity contribution is 6.36. The van der Waals surface area contributed by atoms with Crippen LogP contribution in [-0.4, -0.2) is 51.4 Å². The molecule has 0 bridgehead atoms. The smallest absolute Gasteiger partial charge is 0.433 e. The maximum atomic E-state index is 14.6. The molecule has 41 heavy (non-hydrogen) atoms. The van der Waals surface area contributed by atoms with Crippen molar-refractivity contribution in [3.63, 3.8) is 0 Å². The number of rotatable bonds is 9. The molecule has 2 saturated carbocycles. The highest BCUT2D eigenvalue weighted by Crippen LogP contribution is 2.45. The molecule has 1 N–H and O–H groups in total. The topological polar surface area (TPSA) is 84.7 Å². The van der Waals surface area contributed by atoms with E-state index in [0.717, 1.165) is 30.1 Å². The molecule has 0 saturated heterocycles. The number of benzene rings is 1. The summed E-state index contributed by atoms with van der Waals surface area (Å²) >= 11 is 12.5. The molecule has 1 heterocycles. The van der Waals surface area contributed by atoms with E-state index in [-0.39, 0.29) is 59.5 Å². The molecule has 12 heteroatoms. The highest BCUT2D eigenvalue weighted by atomic mass is 35.5. The zero-order valence-electron chi connectivity index (χ0n) is 23.4. The Hall–Kier alpha value is -2.30. The zero-order valence-corrected chi connectivity index (χ0v) is 25.0. The van der Waals surface area contributed by atoms with Crippen molar-refractivity contribution in [2.75, 3.05) is 19.7 Å². The number of esters is 1. The van der Waals surface area contributed by atoms with Crippen LogP contribution in [0.15, 0.2) is 24.4 Å². The van der Waals surface area contributed by atoms with Crippen molar-refractivity contribution in [2.24, 2.45) is 10.8 Å². The van der Waals surface area contributed by atoms with Gasteiger partial charge in [0.25, 0.3) is 5.91 Å². The number of aliphatic hydroxyl groups excluding tert-OH is 1. The Morgan fingerprint density at radius 2 is 1.78 bits per heavy atom. The van der Waals surface area contributed by atoms with Crippen molar-refractivity contribution >= 4 is 35.1 Å². The molecule has 2 aliphatic carbocycles. The summed E-state index contributed by atoms with van der Waals surface area (Å²) in [5, 5.41) is 15.5. The fourth-order valence-corrected chi connectivity index (χ4v) is 6.64. The van der Waals surface area contributed by atoms with Gasteiger partial charge in [-0.05, 0) is 69.9 Å². The Morgan fingerprint density at radius 1 is 1.17 bits per heavy atom. The Bertz CT molecular complexity index is 1250. The van der Waals surface area contributed by atoms with Gasteiger partial charge in [0, 0.05) is 22.2 Å². The molecule has 1 unspecified atom stereocenters. The fourth-order valence-electron chi connectivity index (χ4n) is 5.99. The maximum Gasteiger partial charge on any atom is 0.433 e. The number of aromatic nitrogens is 2. The van der Waals surface area contributed by atoms with Gasteiger partial charge in [-0.2, -0.15) is 18.3 Å². The zero-order chi connectivity index (χ0) is 30.2. The molecular weight excluding hydrogens is 582 g/mol. The van der Waals surface area contributed by atoms with Gasteiger partial charge in [-0.25, -0.2) is 0 Å². The molecule has 1 amide bonds. The first-order valence-corrected chi connectivity index (χ1v) is 14.7. The van der Waals surface area contributed by atoms with Crippen molar-refractivity contribution in [1.29, 1.82) is 0 Å². The van der Waals surface area contributed by atoms with Crippen LogP contribution in [-0.2, 0) is 15.7 Å². The summed E-state index contributed by atoms with van der Waals surface area (Å²) in [6, 6.07) is 4.08. The predicted molar refractivity (Wildman–Crippen MR) is 149 cm³/mol. The van der Waals surface area contributed by atoms with Crippen LogP contribution in [0.25, 0.3) is 0 Å². The summed E-state index contributed by atoms with van der Waals surface area (Å²) < 4.78 is 49.7. The molecule has 7 nitrogen and oxygen atoms in total. The van der Waals surface area contributed by atoms with Crippen molar-refractivity contribution in [2.45, 2.75) is 84.0 Å². The minimum atomic E-state index is -4.86. The van der Waals surface area contributed by atoms with Gasteiger partial charge in [-0.1, -0.05) is 42.6 Å². The van der Waals surface area contributed by atoms with E-state index < -0.39 is 40.9 Å². The van der Waals surface area contributed by atoms with Gasteiger partial charge in [0.05, 0.1) is 42.5 Å². The quantitative estimate of drug-likeness (QED) is 0.299. The van der Waals surface area contributed by atoms with Crippen LogP contribution in [0.2, 0.25) is 10.0 Å². The van der Waals surface area contributed by atoms with Gasteiger partial charge < -0.3 is 14.7 Å². The van der Waals surface area contributed by atoms with Gasteiger partial charge in [-0.3, -0.25) is 14.3 Å². The van der Waals surface area contributed by atoms with Gasteiger partial charge >= 0.3 is 12.1 Å². The molecule has 1 aromatic carbocycles. The van der Waals surface area contributed by atoms with E-state index in [0.29, 0.717) is 12.8 Å². The monoisotopic (exact) mass is 617 g/mol. The second kappa shape index (κ2) is 12.1. The van der Waals surface area contributed by atoms with Crippen LogP contribution in [0.4, 0.5) is 13.2 Å². The number of alkyl halides is 3. The summed E-state index contributed by atoms with van der Waals surface area (Å²) in [4.78, 5) is 27.5. The third-order valence-corrected chi connectivity index (χ3v) is 9.27.